The SMILES string of the molecule is COc1cccc(OCC(=O)N2CCN(c3cc(-n4nc(C)cc4C)nc(C)n3)CC2)c1. The van der Waals surface area contributed by atoms with Crippen molar-refractivity contribution in [3.05, 3.63) is 53.6 Å². The molecule has 9 nitrogen and oxygen atoms in total. The third kappa shape index (κ3) is 4.82. The number of ether oxygens (including phenoxy) is 2. The lowest BCUT2D eigenvalue weighted by atomic mass is 10.3. The first-order chi connectivity index (χ1) is 15.4. The van der Waals surface area contributed by atoms with Gasteiger partial charge in [0.25, 0.3) is 5.91 Å². The van der Waals surface area contributed by atoms with Crippen molar-refractivity contribution < 1.29 is 14.3 Å². The topological polar surface area (TPSA) is 85.6 Å². The van der Waals surface area contributed by atoms with Crippen LogP contribution in [0.5, 0.6) is 11.5 Å². The van der Waals surface area contributed by atoms with E-state index in [2.05, 4.69) is 20.0 Å². The maximum absolute atomic E-state index is 12.6. The van der Waals surface area contributed by atoms with Crippen LogP contribution in [-0.4, -0.2) is 70.5 Å². The molecule has 4 rings (SSSR count). The van der Waals surface area contributed by atoms with Gasteiger partial charge in [-0.3, -0.25) is 4.79 Å². The molecule has 2 aromatic heterocycles. The fraction of sp³-hybridized carbons (Fsp3) is 0.391. The molecule has 1 saturated heterocycles. The Balaban J connectivity index is 1.37. The Morgan fingerprint density at radius 1 is 0.969 bits per heavy atom. The number of hydrogen-bond donors (Lipinski definition) is 0. The largest absolute Gasteiger partial charge is 0.497 e. The molecule has 9 heteroatoms. The van der Waals surface area contributed by atoms with Gasteiger partial charge in [0.15, 0.2) is 12.4 Å². The van der Waals surface area contributed by atoms with Crippen molar-refractivity contribution in [2.45, 2.75) is 20.8 Å². The summed E-state index contributed by atoms with van der Waals surface area (Å²) in [5.74, 6) is 3.57. The molecule has 1 aliphatic heterocycles. The van der Waals surface area contributed by atoms with E-state index in [0.29, 0.717) is 43.5 Å². The summed E-state index contributed by atoms with van der Waals surface area (Å²) in [5.41, 5.74) is 1.97. The highest BCUT2D eigenvalue weighted by Gasteiger charge is 2.23. The minimum atomic E-state index is -0.0327. The summed E-state index contributed by atoms with van der Waals surface area (Å²) in [7, 11) is 1.60. The lowest BCUT2D eigenvalue weighted by molar-refractivity contribution is -0.133. The molecule has 0 atom stereocenters. The first-order valence-electron chi connectivity index (χ1n) is 10.6. The molecule has 0 saturated carbocycles. The number of benzene rings is 1. The van der Waals surface area contributed by atoms with Crippen LogP contribution in [-0.2, 0) is 4.79 Å². The van der Waals surface area contributed by atoms with Crippen molar-refractivity contribution in [1.29, 1.82) is 0 Å². The molecule has 1 fully saturated rings. The van der Waals surface area contributed by atoms with E-state index in [4.69, 9.17) is 9.47 Å². The van der Waals surface area contributed by atoms with Gasteiger partial charge in [0, 0.05) is 44.0 Å². The molecule has 0 bridgehead atoms. The Kier molecular flexibility index (Phi) is 6.25. The number of piperazine rings is 1. The molecule has 0 aliphatic carbocycles. The summed E-state index contributed by atoms with van der Waals surface area (Å²) in [4.78, 5) is 25.8. The van der Waals surface area contributed by atoms with E-state index in [0.717, 1.165) is 23.0 Å². The van der Waals surface area contributed by atoms with Gasteiger partial charge < -0.3 is 19.3 Å². The highest BCUT2D eigenvalue weighted by Crippen LogP contribution is 2.20. The Labute approximate surface area is 187 Å². The monoisotopic (exact) mass is 436 g/mol. The van der Waals surface area contributed by atoms with Gasteiger partial charge >= 0.3 is 0 Å². The molecule has 32 heavy (non-hydrogen) atoms. The van der Waals surface area contributed by atoms with Gasteiger partial charge in [0.05, 0.1) is 12.8 Å². The van der Waals surface area contributed by atoms with Gasteiger partial charge in [-0.15, -0.1) is 0 Å². The van der Waals surface area contributed by atoms with E-state index >= 15 is 0 Å². The van der Waals surface area contributed by atoms with Crippen molar-refractivity contribution in [2.24, 2.45) is 0 Å². The number of anilines is 1. The van der Waals surface area contributed by atoms with Crippen LogP contribution >= 0.6 is 0 Å². The Morgan fingerprint density at radius 2 is 1.69 bits per heavy atom. The molecule has 0 unspecified atom stereocenters. The number of nitrogens with zero attached hydrogens (tertiary/aromatic N) is 6. The van der Waals surface area contributed by atoms with Crippen LogP contribution in [0.3, 0.4) is 0 Å². The zero-order valence-corrected chi connectivity index (χ0v) is 18.9. The van der Waals surface area contributed by atoms with E-state index < -0.39 is 0 Å². The second kappa shape index (κ2) is 9.25. The maximum Gasteiger partial charge on any atom is 0.260 e. The molecule has 3 heterocycles. The Bertz CT molecular complexity index is 1100. The zero-order chi connectivity index (χ0) is 22.7. The van der Waals surface area contributed by atoms with Gasteiger partial charge in [0.1, 0.15) is 23.1 Å². The van der Waals surface area contributed by atoms with Crippen LogP contribution in [0.4, 0.5) is 5.82 Å². The predicted molar refractivity (Wildman–Crippen MR) is 121 cm³/mol. The first-order valence-corrected chi connectivity index (χ1v) is 10.6. The van der Waals surface area contributed by atoms with Crippen LogP contribution in [0.2, 0.25) is 0 Å². The molecule has 1 amide bonds. The summed E-state index contributed by atoms with van der Waals surface area (Å²) in [6.07, 6.45) is 0. The van der Waals surface area contributed by atoms with Crippen LogP contribution < -0.4 is 14.4 Å². The maximum atomic E-state index is 12.6. The summed E-state index contributed by atoms with van der Waals surface area (Å²) in [5, 5.41) is 4.53. The highest BCUT2D eigenvalue weighted by atomic mass is 16.5. The molecule has 168 valence electrons. The third-order valence-corrected chi connectivity index (χ3v) is 5.40. The van der Waals surface area contributed by atoms with E-state index in [9.17, 15) is 4.79 Å². The number of hydrogen-bond acceptors (Lipinski definition) is 7. The summed E-state index contributed by atoms with van der Waals surface area (Å²) < 4.78 is 12.7. The fourth-order valence-corrected chi connectivity index (χ4v) is 3.78. The van der Waals surface area contributed by atoms with Gasteiger partial charge in [-0.25, -0.2) is 14.6 Å². The molecule has 0 spiro atoms. The van der Waals surface area contributed by atoms with Gasteiger partial charge in [0.2, 0.25) is 0 Å². The quantitative estimate of drug-likeness (QED) is 0.586. The van der Waals surface area contributed by atoms with E-state index in [1.807, 2.05) is 60.7 Å². The van der Waals surface area contributed by atoms with Gasteiger partial charge in [-0.1, -0.05) is 6.07 Å². The number of aryl methyl sites for hydroxylation is 3. The van der Waals surface area contributed by atoms with E-state index in [1.54, 1.807) is 13.2 Å². The molecule has 1 aromatic carbocycles. The average molecular weight is 437 g/mol. The van der Waals surface area contributed by atoms with Gasteiger partial charge in [-0.2, -0.15) is 5.10 Å². The van der Waals surface area contributed by atoms with Crippen molar-refractivity contribution in [3.8, 4) is 17.3 Å². The van der Waals surface area contributed by atoms with E-state index in [1.165, 1.54) is 0 Å². The number of carbonyl (C=O) groups is 1. The smallest absolute Gasteiger partial charge is 0.260 e. The summed E-state index contributed by atoms with van der Waals surface area (Å²) in [6, 6.07) is 11.2. The minimum Gasteiger partial charge on any atom is -0.497 e. The molecule has 0 radical (unpaired) electrons. The number of aromatic nitrogens is 4. The molecule has 0 N–H and O–H groups in total. The Hall–Kier alpha value is -3.62. The number of methoxy groups -OCH3 is 1. The average Bonchev–Trinajstić information content (AvgIpc) is 3.15. The second-order valence-electron chi connectivity index (χ2n) is 7.81. The molecular weight excluding hydrogens is 408 g/mol. The van der Waals surface area contributed by atoms with Gasteiger partial charge in [-0.05, 0) is 39.0 Å². The number of carbonyl (C=O) groups excluding carboxylic acids is 1. The molecule has 3 aromatic rings. The van der Waals surface area contributed by atoms with Crippen molar-refractivity contribution in [2.75, 3.05) is 44.8 Å². The molecular formula is C23H28N6O3. The van der Waals surface area contributed by atoms with E-state index in [-0.39, 0.29) is 12.5 Å². The van der Waals surface area contributed by atoms with Crippen LogP contribution in [0, 0.1) is 20.8 Å². The first kappa shape index (κ1) is 21.6. The lowest BCUT2D eigenvalue weighted by Crippen LogP contribution is -2.50. The lowest BCUT2D eigenvalue weighted by Gasteiger charge is -2.35. The minimum absolute atomic E-state index is 0.00184. The van der Waals surface area contributed by atoms with Crippen molar-refractivity contribution >= 4 is 11.7 Å². The summed E-state index contributed by atoms with van der Waals surface area (Å²) >= 11 is 0. The molecule has 1 aliphatic rings. The second-order valence-corrected chi connectivity index (χ2v) is 7.81. The highest BCUT2D eigenvalue weighted by molar-refractivity contribution is 5.78. The normalized spacial score (nSPS) is 13.9. The van der Waals surface area contributed by atoms with Crippen LogP contribution in [0.1, 0.15) is 17.2 Å². The van der Waals surface area contributed by atoms with Crippen LogP contribution in [0.25, 0.3) is 5.82 Å². The van der Waals surface area contributed by atoms with Crippen molar-refractivity contribution in [1.82, 2.24) is 24.6 Å². The fourth-order valence-electron chi connectivity index (χ4n) is 3.78. The zero-order valence-electron chi connectivity index (χ0n) is 18.9. The number of rotatable bonds is 6. The van der Waals surface area contributed by atoms with Crippen molar-refractivity contribution in [3.63, 3.8) is 0 Å². The number of amides is 1. The summed E-state index contributed by atoms with van der Waals surface area (Å²) in [6.45, 7) is 8.46. The standard InChI is InChI=1S/C23H28N6O3/c1-16-12-17(2)29(26-16)22-14-21(24-18(3)25-22)27-8-10-28(11-9-27)23(30)15-32-20-7-5-6-19(13-20)31-4/h5-7,12-14H,8-11,15H2,1-4H3. The third-order valence-electron chi connectivity index (χ3n) is 5.40. The predicted octanol–water partition coefficient (Wildman–Crippen LogP) is 2.32. The Morgan fingerprint density at radius 3 is 2.38 bits per heavy atom. The van der Waals surface area contributed by atoms with Crippen LogP contribution in [0.15, 0.2) is 36.4 Å².